The lowest BCUT2D eigenvalue weighted by atomic mass is 10.1. The highest BCUT2D eigenvalue weighted by Crippen LogP contribution is 2.09. The lowest BCUT2D eigenvalue weighted by molar-refractivity contribution is 0.0758. The molecule has 0 unspecified atom stereocenters. The summed E-state index contributed by atoms with van der Waals surface area (Å²) in [7, 11) is 0. The highest BCUT2D eigenvalue weighted by atomic mass is 32.1. The molecule has 0 aliphatic heterocycles. The minimum atomic E-state index is 0.0633. The van der Waals surface area contributed by atoms with Crippen LogP contribution < -0.4 is 5.73 Å². The summed E-state index contributed by atoms with van der Waals surface area (Å²) in [6.07, 6.45) is 2.64. The summed E-state index contributed by atoms with van der Waals surface area (Å²) in [6.45, 7) is 5.46. The van der Waals surface area contributed by atoms with E-state index in [1.807, 2.05) is 36.1 Å². The molecule has 0 spiro atoms. The van der Waals surface area contributed by atoms with Crippen LogP contribution in [0.3, 0.4) is 0 Å². The second-order valence-electron chi connectivity index (χ2n) is 4.73. The van der Waals surface area contributed by atoms with Crippen LogP contribution in [-0.4, -0.2) is 28.9 Å². The molecular weight excluding hydrogens is 256 g/mol. The van der Waals surface area contributed by atoms with Gasteiger partial charge in [0, 0.05) is 25.1 Å². The van der Waals surface area contributed by atoms with Gasteiger partial charge in [-0.25, -0.2) is 0 Å². The van der Waals surface area contributed by atoms with Gasteiger partial charge in [0.05, 0.1) is 4.99 Å². The predicted molar refractivity (Wildman–Crippen MR) is 83.4 cm³/mol. The van der Waals surface area contributed by atoms with Crippen molar-refractivity contribution >= 4 is 23.1 Å². The number of aryl methyl sites for hydroxylation is 1. The smallest absolute Gasteiger partial charge is 0.253 e. The van der Waals surface area contributed by atoms with Crippen LogP contribution >= 0.6 is 12.2 Å². The van der Waals surface area contributed by atoms with Gasteiger partial charge in [0.2, 0.25) is 0 Å². The standard InChI is InChI=1S/C15H22N2OS/c1-3-4-9-17(10-8-14(16)19)15(18)13-7-5-6-12(2)11-13/h5-7,11H,3-4,8-10H2,1-2H3,(H2,16,19). The fourth-order valence-electron chi connectivity index (χ4n) is 1.87. The number of benzene rings is 1. The highest BCUT2D eigenvalue weighted by molar-refractivity contribution is 7.80. The van der Waals surface area contributed by atoms with Crippen LogP contribution in [0.5, 0.6) is 0 Å². The summed E-state index contributed by atoms with van der Waals surface area (Å²) < 4.78 is 0. The number of amides is 1. The van der Waals surface area contributed by atoms with Crippen molar-refractivity contribution in [3.8, 4) is 0 Å². The average molecular weight is 278 g/mol. The zero-order valence-electron chi connectivity index (χ0n) is 11.7. The Labute approximate surface area is 120 Å². The normalized spacial score (nSPS) is 10.2. The van der Waals surface area contributed by atoms with Gasteiger partial charge in [0.15, 0.2) is 0 Å². The monoisotopic (exact) mass is 278 g/mol. The maximum absolute atomic E-state index is 12.5. The van der Waals surface area contributed by atoms with E-state index < -0.39 is 0 Å². The molecule has 0 saturated heterocycles. The molecule has 1 amide bonds. The first kappa shape index (κ1) is 15.6. The first-order valence-corrected chi connectivity index (χ1v) is 7.09. The van der Waals surface area contributed by atoms with Crippen molar-refractivity contribution in [1.29, 1.82) is 0 Å². The molecule has 1 aromatic carbocycles. The van der Waals surface area contributed by atoms with Gasteiger partial charge in [0.25, 0.3) is 5.91 Å². The lowest BCUT2D eigenvalue weighted by Crippen LogP contribution is -2.34. The lowest BCUT2D eigenvalue weighted by Gasteiger charge is -2.22. The number of hydrogen-bond acceptors (Lipinski definition) is 2. The second kappa shape index (κ2) is 7.89. The summed E-state index contributed by atoms with van der Waals surface area (Å²) in [5.74, 6) is 0.0633. The van der Waals surface area contributed by atoms with Crippen molar-refractivity contribution in [2.45, 2.75) is 33.1 Å². The van der Waals surface area contributed by atoms with Crippen molar-refractivity contribution < 1.29 is 4.79 Å². The minimum absolute atomic E-state index is 0.0633. The summed E-state index contributed by atoms with van der Waals surface area (Å²) in [5.41, 5.74) is 7.35. The Kier molecular flexibility index (Phi) is 6.50. The maximum atomic E-state index is 12.5. The Morgan fingerprint density at radius 2 is 2.11 bits per heavy atom. The highest BCUT2D eigenvalue weighted by Gasteiger charge is 2.15. The van der Waals surface area contributed by atoms with Crippen LogP contribution in [0.4, 0.5) is 0 Å². The molecule has 0 aliphatic carbocycles. The molecule has 19 heavy (non-hydrogen) atoms. The topological polar surface area (TPSA) is 46.3 Å². The molecule has 0 fully saturated rings. The summed E-state index contributed by atoms with van der Waals surface area (Å²) in [6, 6.07) is 7.67. The molecule has 1 rings (SSSR count). The van der Waals surface area contributed by atoms with E-state index in [2.05, 4.69) is 6.92 Å². The Balaban J connectivity index is 2.77. The van der Waals surface area contributed by atoms with Gasteiger partial charge in [0.1, 0.15) is 0 Å². The van der Waals surface area contributed by atoms with E-state index >= 15 is 0 Å². The molecule has 1 aromatic rings. The first-order chi connectivity index (χ1) is 9.04. The third kappa shape index (κ3) is 5.39. The average Bonchev–Trinajstić information content (AvgIpc) is 2.38. The molecule has 0 aromatic heterocycles. The van der Waals surface area contributed by atoms with Gasteiger partial charge in [-0.05, 0) is 25.5 Å². The largest absolute Gasteiger partial charge is 0.393 e. The van der Waals surface area contributed by atoms with Gasteiger partial charge in [-0.1, -0.05) is 43.3 Å². The van der Waals surface area contributed by atoms with E-state index in [0.717, 1.165) is 30.5 Å². The number of unbranched alkanes of at least 4 members (excludes halogenated alkanes) is 1. The number of hydrogen-bond donors (Lipinski definition) is 1. The van der Waals surface area contributed by atoms with Gasteiger partial charge < -0.3 is 10.6 Å². The number of rotatable bonds is 7. The Hall–Kier alpha value is -1.42. The number of thiocarbonyl (C=S) groups is 1. The molecule has 0 bridgehead atoms. The van der Waals surface area contributed by atoms with Crippen molar-refractivity contribution in [3.05, 3.63) is 35.4 Å². The predicted octanol–water partition coefficient (Wildman–Crippen LogP) is 2.91. The molecule has 104 valence electrons. The Morgan fingerprint density at radius 3 is 2.68 bits per heavy atom. The fourth-order valence-corrected chi connectivity index (χ4v) is 1.96. The third-order valence-corrected chi connectivity index (χ3v) is 3.17. The van der Waals surface area contributed by atoms with E-state index in [1.54, 1.807) is 0 Å². The number of nitrogens with two attached hydrogens (primary N) is 1. The molecule has 2 N–H and O–H groups in total. The molecule has 0 aliphatic rings. The van der Waals surface area contributed by atoms with Crippen molar-refractivity contribution in [2.24, 2.45) is 5.73 Å². The van der Waals surface area contributed by atoms with Crippen molar-refractivity contribution in [1.82, 2.24) is 4.90 Å². The molecule has 4 heteroatoms. The summed E-state index contributed by atoms with van der Waals surface area (Å²) in [4.78, 5) is 14.8. The van der Waals surface area contributed by atoms with E-state index in [0.29, 0.717) is 18.0 Å². The second-order valence-corrected chi connectivity index (χ2v) is 5.26. The van der Waals surface area contributed by atoms with Crippen LogP contribution in [0.15, 0.2) is 24.3 Å². The molecule has 0 saturated carbocycles. The van der Waals surface area contributed by atoms with E-state index in [4.69, 9.17) is 18.0 Å². The molecule has 3 nitrogen and oxygen atoms in total. The zero-order chi connectivity index (χ0) is 14.3. The van der Waals surface area contributed by atoms with Crippen LogP contribution in [-0.2, 0) is 0 Å². The quantitative estimate of drug-likeness (QED) is 0.780. The molecule has 0 atom stereocenters. The molecule has 0 heterocycles. The van der Waals surface area contributed by atoms with E-state index in [9.17, 15) is 4.79 Å². The molecule has 0 radical (unpaired) electrons. The third-order valence-electron chi connectivity index (χ3n) is 2.96. The van der Waals surface area contributed by atoms with Crippen molar-refractivity contribution in [3.63, 3.8) is 0 Å². The van der Waals surface area contributed by atoms with Gasteiger partial charge in [-0.3, -0.25) is 4.79 Å². The van der Waals surface area contributed by atoms with Gasteiger partial charge in [-0.2, -0.15) is 0 Å². The minimum Gasteiger partial charge on any atom is -0.393 e. The SMILES string of the molecule is CCCCN(CCC(N)=S)C(=O)c1cccc(C)c1. The fraction of sp³-hybridized carbons (Fsp3) is 0.467. The van der Waals surface area contributed by atoms with Gasteiger partial charge in [-0.15, -0.1) is 0 Å². The van der Waals surface area contributed by atoms with Crippen LogP contribution in [0.2, 0.25) is 0 Å². The Bertz CT molecular complexity index is 446. The number of carbonyl (C=O) groups is 1. The Morgan fingerprint density at radius 1 is 1.37 bits per heavy atom. The van der Waals surface area contributed by atoms with E-state index in [-0.39, 0.29) is 5.91 Å². The zero-order valence-corrected chi connectivity index (χ0v) is 12.5. The maximum Gasteiger partial charge on any atom is 0.253 e. The van der Waals surface area contributed by atoms with Crippen LogP contribution in [0.1, 0.15) is 42.1 Å². The van der Waals surface area contributed by atoms with Crippen LogP contribution in [0, 0.1) is 6.92 Å². The van der Waals surface area contributed by atoms with E-state index in [1.165, 1.54) is 0 Å². The summed E-state index contributed by atoms with van der Waals surface area (Å²) in [5, 5.41) is 0. The first-order valence-electron chi connectivity index (χ1n) is 6.69. The van der Waals surface area contributed by atoms with Crippen molar-refractivity contribution in [2.75, 3.05) is 13.1 Å². The summed E-state index contributed by atoms with van der Waals surface area (Å²) >= 11 is 4.89. The molecular formula is C15H22N2OS. The number of carbonyl (C=O) groups excluding carboxylic acids is 1. The number of nitrogens with zero attached hydrogens (tertiary/aromatic N) is 1. The van der Waals surface area contributed by atoms with Gasteiger partial charge >= 0.3 is 0 Å². The van der Waals surface area contributed by atoms with Crippen LogP contribution in [0.25, 0.3) is 0 Å².